The summed E-state index contributed by atoms with van der Waals surface area (Å²) in [6.07, 6.45) is 1.60. The molecule has 0 saturated heterocycles. The zero-order valence-electron chi connectivity index (χ0n) is 15.1. The van der Waals surface area contributed by atoms with E-state index in [0.717, 1.165) is 13.1 Å². The molecule has 0 aliphatic heterocycles. The van der Waals surface area contributed by atoms with E-state index in [2.05, 4.69) is 33.0 Å². The third-order valence-electron chi connectivity index (χ3n) is 3.27. The summed E-state index contributed by atoms with van der Waals surface area (Å²) in [6.45, 7) is 9.83. The summed E-state index contributed by atoms with van der Waals surface area (Å²) < 4.78 is 0. The summed E-state index contributed by atoms with van der Waals surface area (Å²) in [5.74, 6) is -0.736. The van der Waals surface area contributed by atoms with Gasteiger partial charge in [0.15, 0.2) is 0 Å². The Morgan fingerprint density at radius 1 is 1.16 bits per heavy atom. The minimum Gasteiger partial charge on any atom is -0.478 e. The van der Waals surface area contributed by atoms with Crippen LogP contribution < -0.4 is 5.32 Å². The largest absolute Gasteiger partial charge is 0.478 e. The molecule has 1 rings (SSSR count). The number of rotatable bonds is 8. The number of carboxylic acids is 1. The lowest BCUT2D eigenvalue weighted by Gasteiger charge is -2.25. The van der Waals surface area contributed by atoms with Crippen molar-refractivity contribution in [2.75, 3.05) is 18.4 Å². The highest BCUT2D eigenvalue weighted by atomic mass is 16.4. The van der Waals surface area contributed by atoms with Crippen molar-refractivity contribution in [2.24, 2.45) is 11.8 Å². The Balaban J connectivity index is 2.90. The maximum absolute atomic E-state index is 12.3. The number of anilines is 1. The maximum Gasteiger partial charge on any atom is 0.335 e. The zero-order chi connectivity index (χ0) is 19.0. The quantitative estimate of drug-likeness (QED) is 0.558. The van der Waals surface area contributed by atoms with Crippen molar-refractivity contribution in [3.8, 4) is 6.07 Å². The molecule has 134 valence electrons. The fourth-order valence-corrected chi connectivity index (χ4v) is 2.33. The van der Waals surface area contributed by atoms with Crippen molar-refractivity contribution >= 4 is 17.6 Å². The minimum absolute atomic E-state index is 0.0172. The molecule has 0 aliphatic rings. The number of hydrogen-bond donors (Lipinski definition) is 2. The first-order valence-corrected chi connectivity index (χ1v) is 8.23. The molecular weight excluding hydrogens is 318 g/mol. The van der Waals surface area contributed by atoms with Crippen LogP contribution in [0.2, 0.25) is 0 Å². The lowest BCUT2D eigenvalue weighted by Crippen LogP contribution is -2.28. The van der Waals surface area contributed by atoms with E-state index in [9.17, 15) is 14.9 Å². The molecule has 0 atom stereocenters. The summed E-state index contributed by atoms with van der Waals surface area (Å²) in [7, 11) is 0. The van der Waals surface area contributed by atoms with Crippen LogP contribution >= 0.6 is 0 Å². The summed E-state index contributed by atoms with van der Waals surface area (Å²) in [6, 6.07) is 7.74. The van der Waals surface area contributed by atoms with E-state index in [1.54, 1.807) is 6.20 Å². The molecule has 0 heterocycles. The van der Waals surface area contributed by atoms with Gasteiger partial charge in [-0.25, -0.2) is 4.79 Å². The van der Waals surface area contributed by atoms with Crippen molar-refractivity contribution in [3.63, 3.8) is 0 Å². The molecule has 0 fully saturated rings. The average molecular weight is 343 g/mol. The number of amides is 1. The molecule has 6 nitrogen and oxygen atoms in total. The van der Waals surface area contributed by atoms with Crippen molar-refractivity contribution in [3.05, 3.63) is 41.6 Å². The topological polar surface area (TPSA) is 93.4 Å². The Hall–Kier alpha value is -2.81. The lowest BCUT2D eigenvalue weighted by molar-refractivity contribution is -0.112. The van der Waals surface area contributed by atoms with Gasteiger partial charge in [-0.15, -0.1) is 0 Å². The third kappa shape index (κ3) is 7.08. The molecule has 0 saturated carbocycles. The highest BCUT2D eigenvalue weighted by Crippen LogP contribution is 2.12. The number of benzene rings is 1. The van der Waals surface area contributed by atoms with Gasteiger partial charge in [0, 0.05) is 25.0 Å². The fourth-order valence-electron chi connectivity index (χ4n) is 2.33. The van der Waals surface area contributed by atoms with Gasteiger partial charge in [0.2, 0.25) is 0 Å². The van der Waals surface area contributed by atoms with Gasteiger partial charge in [-0.1, -0.05) is 27.7 Å². The Kier molecular flexibility index (Phi) is 7.67. The number of hydrogen-bond acceptors (Lipinski definition) is 4. The molecular formula is C19H25N3O3. The number of carboxylic acid groups (broad SMARTS) is 1. The fraction of sp³-hybridized carbons (Fsp3) is 0.421. The maximum atomic E-state index is 12.3. The predicted octanol–water partition coefficient (Wildman–Crippen LogP) is 3.34. The lowest BCUT2D eigenvalue weighted by atomic mass is 10.1. The van der Waals surface area contributed by atoms with Gasteiger partial charge in [0.1, 0.15) is 11.6 Å². The Labute approximate surface area is 148 Å². The van der Waals surface area contributed by atoms with Gasteiger partial charge in [0.05, 0.1) is 5.56 Å². The van der Waals surface area contributed by atoms with Crippen LogP contribution in [-0.4, -0.2) is 35.0 Å². The Bertz CT molecular complexity index is 660. The minimum atomic E-state index is -1.03. The van der Waals surface area contributed by atoms with Gasteiger partial charge in [-0.3, -0.25) is 4.79 Å². The summed E-state index contributed by atoms with van der Waals surface area (Å²) in [5, 5.41) is 20.8. The van der Waals surface area contributed by atoms with Crippen molar-refractivity contribution in [1.29, 1.82) is 5.26 Å². The van der Waals surface area contributed by atoms with Gasteiger partial charge < -0.3 is 15.3 Å². The monoisotopic (exact) mass is 343 g/mol. The van der Waals surface area contributed by atoms with Crippen LogP contribution in [0.5, 0.6) is 0 Å². The van der Waals surface area contributed by atoms with Crippen LogP contribution in [0.15, 0.2) is 36.0 Å². The van der Waals surface area contributed by atoms with Crippen LogP contribution in [-0.2, 0) is 4.79 Å². The van der Waals surface area contributed by atoms with Crippen LogP contribution in [0, 0.1) is 23.2 Å². The molecule has 1 amide bonds. The standard InChI is InChI=1S/C19H25N3O3/c1-13(2)10-22(11-14(3)4)12-16(9-20)18(23)21-17-7-5-15(6-8-17)19(24)25/h5-8,12-14H,10-11H2,1-4H3,(H,21,23)(H,24,25)/b16-12-. The van der Waals surface area contributed by atoms with E-state index < -0.39 is 11.9 Å². The van der Waals surface area contributed by atoms with Gasteiger partial charge >= 0.3 is 5.97 Å². The predicted molar refractivity (Wildman–Crippen MR) is 97.0 cm³/mol. The number of nitrogens with one attached hydrogen (secondary N) is 1. The number of carbonyl (C=O) groups excluding carboxylic acids is 1. The highest BCUT2D eigenvalue weighted by Gasteiger charge is 2.14. The third-order valence-corrected chi connectivity index (χ3v) is 3.27. The van der Waals surface area contributed by atoms with E-state index in [4.69, 9.17) is 5.11 Å². The summed E-state index contributed by atoms with van der Waals surface area (Å²) in [4.78, 5) is 25.2. The van der Waals surface area contributed by atoms with Gasteiger partial charge in [-0.2, -0.15) is 5.26 Å². The molecule has 0 aliphatic carbocycles. The summed E-state index contributed by atoms with van der Waals surface area (Å²) in [5.41, 5.74) is 0.591. The van der Waals surface area contributed by atoms with Crippen LogP contribution in [0.1, 0.15) is 38.1 Å². The molecule has 0 unspecified atom stereocenters. The molecule has 6 heteroatoms. The van der Waals surface area contributed by atoms with Crippen LogP contribution in [0.3, 0.4) is 0 Å². The first-order chi connectivity index (χ1) is 11.7. The Morgan fingerprint density at radius 2 is 1.68 bits per heavy atom. The van der Waals surface area contributed by atoms with Gasteiger partial charge in [0.25, 0.3) is 5.91 Å². The van der Waals surface area contributed by atoms with E-state index in [-0.39, 0.29) is 11.1 Å². The average Bonchev–Trinajstić information content (AvgIpc) is 2.51. The van der Waals surface area contributed by atoms with Crippen molar-refractivity contribution in [2.45, 2.75) is 27.7 Å². The Morgan fingerprint density at radius 3 is 2.08 bits per heavy atom. The van der Waals surface area contributed by atoms with Crippen LogP contribution in [0.4, 0.5) is 5.69 Å². The normalized spacial score (nSPS) is 11.3. The van der Waals surface area contributed by atoms with Gasteiger partial charge in [-0.05, 0) is 36.1 Å². The number of nitrogens with zero attached hydrogens (tertiary/aromatic N) is 2. The molecule has 0 spiro atoms. The molecule has 0 radical (unpaired) electrons. The molecule has 1 aromatic carbocycles. The number of carbonyl (C=O) groups is 2. The first-order valence-electron chi connectivity index (χ1n) is 8.23. The number of nitriles is 1. The second-order valence-electron chi connectivity index (χ2n) is 6.73. The summed E-state index contributed by atoms with van der Waals surface area (Å²) >= 11 is 0. The van der Waals surface area contributed by atoms with Crippen LogP contribution in [0.25, 0.3) is 0 Å². The molecule has 0 aromatic heterocycles. The van der Waals surface area contributed by atoms with E-state index >= 15 is 0 Å². The van der Waals surface area contributed by atoms with E-state index in [1.165, 1.54) is 24.3 Å². The SMILES string of the molecule is CC(C)CN(/C=C(/C#N)C(=O)Nc1ccc(C(=O)O)cc1)CC(C)C. The highest BCUT2D eigenvalue weighted by molar-refractivity contribution is 6.06. The molecule has 2 N–H and O–H groups in total. The second kappa shape index (κ2) is 9.48. The van der Waals surface area contributed by atoms with Crippen molar-refractivity contribution < 1.29 is 14.7 Å². The van der Waals surface area contributed by atoms with Crippen molar-refractivity contribution in [1.82, 2.24) is 4.90 Å². The number of aromatic carboxylic acids is 1. The molecule has 0 bridgehead atoms. The molecule has 1 aromatic rings. The smallest absolute Gasteiger partial charge is 0.335 e. The second-order valence-corrected chi connectivity index (χ2v) is 6.73. The first kappa shape index (κ1) is 20.2. The van der Waals surface area contributed by atoms with E-state index in [0.29, 0.717) is 17.5 Å². The zero-order valence-corrected chi connectivity index (χ0v) is 15.1. The molecule has 25 heavy (non-hydrogen) atoms. The van der Waals surface area contributed by atoms with E-state index in [1.807, 2.05) is 11.0 Å².